The summed E-state index contributed by atoms with van der Waals surface area (Å²) in [7, 11) is 1.53. The molecule has 2 amide bonds. The van der Waals surface area contributed by atoms with Gasteiger partial charge in [0.15, 0.2) is 0 Å². The molecule has 0 aromatic heterocycles. The minimum atomic E-state index is -1.14. The van der Waals surface area contributed by atoms with E-state index in [0.717, 1.165) is 5.56 Å². The van der Waals surface area contributed by atoms with Crippen LogP contribution in [0.15, 0.2) is 54.2 Å². The first-order chi connectivity index (χ1) is 14.2. The van der Waals surface area contributed by atoms with Gasteiger partial charge < -0.3 is 10.2 Å². The molecule has 0 bridgehead atoms. The van der Waals surface area contributed by atoms with Crippen LogP contribution in [0.3, 0.4) is 0 Å². The molecule has 1 aliphatic heterocycles. The molecule has 30 heavy (non-hydrogen) atoms. The van der Waals surface area contributed by atoms with Crippen LogP contribution in [0.5, 0.6) is 0 Å². The number of nitrogens with one attached hydrogen (secondary N) is 1. The molecule has 152 valence electrons. The van der Waals surface area contributed by atoms with Gasteiger partial charge in [-0.1, -0.05) is 36.4 Å². The Morgan fingerprint density at radius 3 is 2.47 bits per heavy atom. The number of nitriles is 1. The number of nitro groups is 1. The number of nitrogens with zero attached hydrogens (tertiary/aromatic N) is 3. The minimum absolute atomic E-state index is 0.0220. The lowest BCUT2D eigenvalue weighted by atomic mass is 9.86. The maximum Gasteiger partial charge on any atom is 0.278 e. The van der Waals surface area contributed by atoms with Crippen molar-refractivity contribution in [2.24, 2.45) is 0 Å². The second-order valence-electron chi connectivity index (χ2n) is 7.32. The maximum absolute atomic E-state index is 13.2. The van der Waals surface area contributed by atoms with Crippen molar-refractivity contribution in [3.63, 3.8) is 0 Å². The lowest BCUT2D eigenvalue weighted by Crippen LogP contribution is -2.64. The van der Waals surface area contributed by atoms with Gasteiger partial charge in [-0.15, -0.1) is 0 Å². The molecule has 1 heterocycles. The first-order valence-corrected chi connectivity index (χ1v) is 9.23. The third-order valence-corrected chi connectivity index (χ3v) is 5.49. The zero-order valence-corrected chi connectivity index (χ0v) is 16.8. The van der Waals surface area contributed by atoms with Crippen molar-refractivity contribution < 1.29 is 14.5 Å². The molecule has 1 aliphatic rings. The fourth-order valence-corrected chi connectivity index (χ4v) is 3.60. The number of carbonyl (C=O) groups excluding carboxylic acids is 2. The van der Waals surface area contributed by atoms with Gasteiger partial charge in [-0.2, -0.15) is 5.26 Å². The van der Waals surface area contributed by atoms with Crippen LogP contribution in [-0.4, -0.2) is 34.2 Å². The highest BCUT2D eigenvalue weighted by Gasteiger charge is 2.46. The van der Waals surface area contributed by atoms with Crippen LogP contribution in [0.1, 0.15) is 30.5 Å². The smallest absolute Gasteiger partial charge is 0.278 e. The molecule has 1 N–H and O–H groups in total. The summed E-state index contributed by atoms with van der Waals surface area (Å²) in [5, 5.41) is 23.5. The van der Waals surface area contributed by atoms with Crippen molar-refractivity contribution in [1.82, 2.24) is 10.2 Å². The van der Waals surface area contributed by atoms with E-state index in [9.17, 15) is 25.0 Å². The van der Waals surface area contributed by atoms with E-state index in [4.69, 9.17) is 0 Å². The largest absolute Gasteiger partial charge is 0.326 e. The molecule has 1 fully saturated rings. The van der Waals surface area contributed by atoms with Crippen LogP contribution in [0, 0.1) is 21.4 Å². The molecule has 8 nitrogen and oxygen atoms in total. The highest BCUT2D eigenvalue weighted by molar-refractivity contribution is 6.11. The van der Waals surface area contributed by atoms with E-state index in [2.05, 4.69) is 5.32 Å². The van der Waals surface area contributed by atoms with Crippen molar-refractivity contribution in [2.45, 2.75) is 25.8 Å². The molecule has 2 aromatic carbocycles. The highest BCUT2D eigenvalue weighted by Crippen LogP contribution is 2.34. The van der Waals surface area contributed by atoms with Crippen molar-refractivity contribution in [3.8, 4) is 6.07 Å². The molecular formula is C22H20N4O4. The van der Waals surface area contributed by atoms with Gasteiger partial charge in [-0.3, -0.25) is 19.7 Å². The van der Waals surface area contributed by atoms with Crippen LogP contribution in [-0.2, 0) is 16.0 Å². The third kappa shape index (κ3) is 3.42. The number of rotatable bonds is 4. The average Bonchev–Trinajstić information content (AvgIpc) is 2.74. The molecule has 1 saturated heterocycles. The first-order valence-electron chi connectivity index (χ1n) is 9.23. The molecule has 0 saturated carbocycles. The third-order valence-electron chi connectivity index (χ3n) is 5.49. The summed E-state index contributed by atoms with van der Waals surface area (Å²) in [5.41, 5.74) is -0.372. The molecular weight excluding hydrogens is 384 g/mol. The molecule has 0 aliphatic carbocycles. The molecule has 0 spiro atoms. The maximum atomic E-state index is 13.2. The van der Waals surface area contributed by atoms with Gasteiger partial charge in [0.2, 0.25) is 0 Å². The van der Waals surface area contributed by atoms with Gasteiger partial charge in [-0.05, 0) is 31.1 Å². The fourth-order valence-electron chi connectivity index (χ4n) is 3.60. The van der Waals surface area contributed by atoms with Crippen LogP contribution in [0.25, 0.3) is 5.57 Å². The number of benzene rings is 2. The first kappa shape index (κ1) is 20.7. The van der Waals surface area contributed by atoms with E-state index >= 15 is 0 Å². The Hall–Kier alpha value is -3.99. The van der Waals surface area contributed by atoms with Crippen LogP contribution in [0.4, 0.5) is 5.69 Å². The highest BCUT2D eigenvalue weighted by atomic mass is 16.6. The number of hydrogen-bond acceptors (Lipinski definition) is 5. The topological polar surface area (TPSA) is 116 Å². The van der Waals surface area contributed by atoms with Crippen LogP contribution in [0.2, 0.25) is 0 Å². The van der Waals surface area contributed by atoms with Gasteiger partial charge in [-0.25, -0.2) is 0 Å². The fraction of sp³-hybridized carbons (Fsp3) is 0.227. The Kier molecular flexibility index (Phi) is 5.39. The Balaban J connectivity index is 2.08. The van der Waals surface area contributed by atoms with E-state index in [1.54, 1.807) is 6.92 Å². The van der Waals surface area contributed by atoms with E-state index in [-0.39, 0.29) is 28.1 Å². The minimum Gasteiger partial charge on any atom is -0.326 e. The second kappa shape index (κ2) is 7.79. The predicted octanol–water partition coefficient (Wildman–Crippen LogP) is 2.79. The summed E-state index contributed by atoms with van der Waals surface area (Å²) in [4.78, 5) is 38.4. The van der Waals surface area contributed by atoms with Gasteiger partial charge in [0, 0.05) is 19.5 Å². The van der Waals surface area contributed by atoms with Gasteiger partial charge in [0.05, 0.1) is 16.1 Å². The Bertz CT molecular complexity index is 1120. The summed E-state index contributed by atoms with van der Waals surface area (Å²) < 4.78 is 0. The normalized spacial score (nSPS) is 20.4. The Labute approximate surface area is 173 Å². The van der Waals surface area contributed by atoms with Crippen molar-refractivity contribution in [1.29, 1.82) is 5.26 Å². The monoisotopic (exact) mass is 404 g/mol. The Morgan fingerprint density at radius 1 is 1.20 bits per heavy atom. The zero-order valence-electron chi connectivity index (χ0n) is 16.8. The molecule has 1 unspecified atom stereocenters. The molecule has 2 aromatic rings. The summed E-state index contributed by atoms with van der Waals surface area (Å²) in [6.07, 6.45) is 0.309. The second-order valence-corrected chi connectivity index (χ2v) is 7.32. The Morgan fingerprint density at radius 2 is 1.87 bits per heavy atom. The summed E-state index contributed by atoms with van der Waals surface area (Å²) in [6, 6.07) is 15.4. The van der Waals surface area contributed by atoms with E-state index in [1.165, 1.54) is 37.1 Å². The number of nitro benzene ring substituents is 1. The molecule has 8 heteroatoms. The lowest BCUT2D eigenvalue weighted by molar-refractivity contribution is -0.385. The quantitative estimate of drug-likeness (QED) is 0.478. The number of likely N-dealkylation sites (N-methyl/N-ethyl adjacent to an activating group) is 1. The van der Waals surface area contributed by atoms with Gasteiger partial charge >= 0.3 is 0 Å². The molecule has 3 rings (SSSR count). The van der Waals surface area contributed by atoms with Crippen molar-refractivity contribution in [3.05, 3.63) is 81.0 Å². The summed E-state index contributed by atoms with van der Waals surface area (Å²) in [5.74, 6) is -0.882. The van der Waals surface area contributed by atoms with Crippen LogP contribution < -0.4 is 5.32 Å². The SMILES string of the molecule is CC(=C1NC(=O)C(C)(Cc2ccccc2)N(C)C1=O)c1c(C#N)cccc1[N+](=O)[O-]. The number of hydrogen-bond donors (Lipinski definition) is 1. The summed E-state index contributed by atoms with van der Waals surface area (Å²) >= 11 is 0. The number of amides is 2. The van der Waals surface area contributed by atoms with E-state index in [0.29, 0.717) is 6.42 Å². The zero-order chi connectivity index (χ0) is 22.1. The average molecular weight is 404 g/mol. The van der Waals surface area contributed by atoms with E-state index < -0.39 is 22.3 Å². The number of carbonyl (C=O) groups is 2. The van der Waals surface area contributed by atoms with E-state index in [1.807, 2.05) is 36.4 Å². The van der Waals surface area contributed by atoms with Gasteiger partial charge in [0.1, 0.15) is 17.3 Å². The van der Waals surface area contributed by atoms with Crippen molar-refractivity contribution in [2.75, 3.05) is 7.05 Å². The lowest BCUT2D eigenvalue weighted by Gasteiger charge is -2.42. The number of piperazine rings is 1. The van der Waals surface area contributed by atoms with Gasteiger partial charge in [0.25, 0.3) is 17.5 Å². The van der Waals surface area contributed by atoms with Crippen molar-refractivity contribution >= 4 is 23.1 Å². The molecule has 0 radical (unpaired) electrons. The number of allylic oxidation sites excluding steroid dienone is 1. The predicted molar refractivity (Wildman–Crippen MR) is 110 cm³/mol. The summed E-state index contributed by atoms with van der Waals surface area (Å²) in [6.45, 7) is 3.16. The standard InChI is InChI=1S/C22H20N4O4/c1-14(18-16(13-23)10-7-11-17(18)26(29)30)19-20(27)25(3)22(2,21(28)24-19)12-15-8-5-4-6-9-15/h4-11H,12H2,1-3H3,(H,24,28). The molecule has 1 atom stereocenters. The van der Waals surface area contributed by atoms with Crippen LogP contribution >= 0.6 is 0 Å².